The van der Waals surface area contributed by atoms with Gasteiger partial charge in [-0.15, -0.1) is 0 Å². The lowest BCUT2D eigenvalue weighted by Gasteiger charge is -2.19. The molecule has 1 aromatic carbocycles. The zero-order valence-electron chi connectivity index (χ0n) is 18.3. The van der Waals surface area contributed by atoms with E-state index in [4.69, 9.17) is 19.0 Å². The van der Waals surface area contributed by atoms with Crippen LogP contribution in [-0.4, -0.2) is 64.1 Å². The Balaban J connectivity index is 1.57. The molecule has 0 saturated carbocycles. The minimum atomic E-state index is -5.38. The number of ether oxygens (including phenoxy) is 1. The number of phosphoric ester groups is 1. The number of aliphatic hydroxyl groups excluding tert-OH is 2. The predicted octanol–water partition coefficient (Wildman–Crippen LogP) is -0.647. The molecule has 3 aromatic rings. The third-order valence-corrected chi connectivity index (χ3v) is 7.48. The average Bonchev–Trinajstić information content (AvgIpc) is 3.29. The fraction of sp³-hybridized carbons (Fsp3) is 0.389. The van der Waals surface area contributed by atoms with E-state index in [1.165, 1.54) is 0 Å². The van der Waals surface area contributed by atoms with Gasteiger partial charge in [0.15, 0.2) is 11.8 Å². The SMILES string of the molecule is Cc1ccc2onc(Cn3c(=O)ccn([C@@H]4O[C@H](COP(=O)(O)OP(=O)(O)O)[C@H](O)C4O)c3=O)c2c1. The van der Waals surface area contributed by atoms with E-state index in [1.54, 1.807) is 18.2 Å². The molecule has 0 amide bonds. The molecule has 1 aliphatic rings. The smallest absolute Gasteiger partial charge is 0.387 e. The molecule has 196 valence electrons. The Morgan fingerprint density at radius 1 is 1.11 bits per heavy atom. The second kappa shape index (κ2) is 9.76. The van der Waals surface area contributed by atoms with Crippen molar-refractivity contribution in [3.05, 3.63) is 62.6 Å². The monoisotopic (exact) mass is 549 g/mol. The van der Waals surface area contributed by atoms with Crippen LogP contribution in [0.5, 0.6) is 0 Å². The molecule has 1 aliphatic heterocycles. The number of hydrogen-bond acceptors (Lipinski definition) is 11. The van der Waals surface area contributed by atoms with Crippen LogP contribution in [0, 0.1) is 6.92 Å². The standard InChI is InChI=1S/C18H21N3O13P2/c1-9-2-3-12-10(6-9)11(19-33-12)7-21-14(22)4-5-20(18(21)25)17-16(24)15(23)13(32-17)8-31-36(29,30)34-35(26,27)28/h2-6,13,15-17,23-24H,7-8H2,1H3,(H,29,30)(H2,26,27,28)/t13-,15+,16?,17-/m1/s1. The van der Waals surface area contributed by atoms with Gasteiger partial charge in [-0.25, -0.2) is 13.9 Å². The van der Waals surface area contributed by atoms with Crippen molar-refractivity contribution in [3.63, 3.8) is 0 Å². The van der Waals surface area contributed by atoms with E-state index in [1.807, 2.05) is 6.92 Å². The summed E-state index contributed by atoms with van der Waals surface area (Å²) in [7, 11) is -10.6. The molecular formula is C18H21N3O13P2. The van der Waals surface area contributed by atoms with Crippen molar-refractivity contribution in [2.75, 3.05) is 6.61 Å². The minimum Gasteiger partial charge on any atom is -0.387 e. The van der Waals surface area contributed by atoms with Crippen molar-refractivity contribution < 1.29 is 52.1 Å². The van der Waals surface area contributed by atoms with Crippen molar-refractivity contribution in [1.29, 1.82) is 0 Å². The van der Waals surface area contributed by atoms with Crippen LogP contribution in [0.15, 0.2) is 44.6 Å². The summed E-state index contributed by atoms with van der Waals surface area (Å²) in [6, 6.07) is 6.29. The van der Waals surface area contributed by atoms with Crippen LogP contribution < -0.4 is 11.2 Å². The Bertz CT molecular complexity index is 1490. The van der Waals surface area contributed by atoms with E-state index in [9.17, 15) is 33.8 Å². The van der Waals surface area contributed by atoms with Gasteiger partial charge < -0.3 is 34.2 Å². The number of aliphatic hydroxyl groups is 2. The van der Waals surface area contributed by atoms with Gasteiger partial charge in [0.25, 0.3) is 5.56 Å². The molecule has 4 rings (SSSR count). The molecule has 0 radical (unpaired) electrons. The second-order valence-electron chi connectivity index (χ2n) is 7.94. The van der Waals surface area contributed by atoms with Crippen LogP contribution in [0.2, 0.25) is 0 Å². The first-order valence-electron chi connectivity index (χ1n) is 10.2. The molecule has 0 aliphatic carbocycles. The van der Waals surface area contributed by atoms with Crippen molar-refractivity contribution in [2.45, 2.75) is 38.0 Å². The van der Waals surface area contributed by atoms with Gasteiger partial charge in [0.05, 0.1) is 13.2 Å². The molecule has 2 aromatic heterocycles. The van der Waals surface area contributed by atoms with Crippen LogP contribution >= 0.6 is 15.6 Å². The third kappa shape index (κ3) is 5.58. The summed E-state index contributed by atoms with van der Waals surface area (Å²) in [5, 5.41) is 25.2. The van der Waals surface area contributed by atoms with Gasteiger partial charge in [-0.3, -0.25) is 18.5 Å². The fourth-order valence-electron chi connectivity index (χ4n) is 3.66. The highest BCUT2D eigenvalue weighted by molar-refractivity contribution is 7.60. The Morgan fingerprint density at radius 2 is 1.83 bits per heavy atom. The zero-order valence-corrected chi connectivity index (χ0v) is 20.1. The maximum absolute atomic E-state index is 13.1. The fourth-order valence-corrected chi connectivity index (χ4v) is 5.26. The molecule has 16 nitrogen and oxygen atoms in total. The summed E-state index contributed by atoms with van der Waals surface area (Å²) >= 11 is 0. The van der Waals surface area contributed by atoms with Crippen molar-refractivity contribution in [3.8, 4) is 0 Å². The summed E-state index contributed by atoms with van der Waals surface area (Å²) in [5.74, 6) is 0. The van der Waals surface area contributed by atoms with E-state index in [0.29, 0.717) is 16.7 Å². The zero-order chi connectivity index (χ0) is 26.4. The van der Waals surface area contributed by atoms with Crippen LogP contribution in [-0.2, 0) is 29.2 Å². The van der Waals surface area contributed by atoms with E-state index in [0.717, 1.165) is 27.0 Å². The lowest BCUT2D eigenvalue weighted by atomic mass is 10.1. The maximum atomic E-state index is 13.1. The maximum Gasteiger partial charge on any atom is 0.481 e. The topological polar surface area (TPSA) is 233 Å². The molecule has 2 unspecified atom stereocenters. The predicted molar refractivity (Wildman–Crippen MR) is 118 cm³/mol. The first-order valence-corrected chi connectivity index (χ1v) is 13.2. The number of benzene rings is 1. The van der Waals surface area contributed by atoms with Gasteiger partial charge in [0, 0.05) is 17.6 Å². The summed E-state index contributed by atoms with van der Waals surface area (Å²) in [4.78, 5) is 52.3. The first-order chi connectivity index (χ1) is 16.8. The Hall–Kier alpha value is -2.49. The van der Waals surface area contributed by atoms with Gasteiger partial charge in [-0.05, 0) is 19.1 Å². The Labute approximate surface area is 200 Å². The average molecular weight is 549 g/mol. The molecule has 36 heavy (non-hydrogen) atoms. The normalized spacial score (nSPS) is 24.3. The number of nitrogens with zero attached hydrogens (tertiary/aromatic N) is 3. The molecule has 0 bridgehead atoms. The van der Waals surface area contributed by atoms with E-state index in [-0.39, 0.29) is 6.54 Å². The van der Waals surface area contributed by atoms with Gasteiger partial charge in [0.1, 0.15) is 24.0 Å². The highest BCUT2D eigenvalue weighted by Crippen LogP contribution is 2.57. The first kappa shape index (κ1) is 26.6. The molecule has 1 saturated heterocycles. The van der Waals surface area contributed by atoms with Crippen molar-refractivity contribution in [1.82, 2.24) is 14.3 Å². The van der Waals surface area contributed by atoms with Gasteiger partial charge >= 0.3 is 21.3 Å². The second-order valence-corrected chi connectivity index (χ2v) is 10.8. The summed E-state index contributed by atoms with van der Waals surface area (Å²) in [5.41, 5.74) is 0.0246. The quantitative estimate of drug-likeness (QED) is 0.220. The number of phosphoric acid groups is 2. The van der Waals surface area contributed by atoms with E-state index in [2.05, 4.69) is 14.0 Å². The number of aryl methyl sites for hydroxylation is 1. The third-order valence-electron chi connectivity index (χ3n) is 5.33. The molecule has 1 fully saturated rings. The molecular weight excluding hydrogens is 528 g/mol. The highest BCUT2D eigenvalue weighted by atomic mass is 31.3. The van der Waals surface area contributed by atoms with Crippen LogP contribution in [0.25, 0.3) is 11.0 Å². The van der Waals surface area contributed by atoms with Crippen molar-refractivity contribution >= 4 is 26.6 Å². The largest absolute Gasteiger partial charge is 0.481 e. The highest BCUT2D eigenvalue weighted by Gasteiger charge is 2.46. The van der Waals surface area contributed by atoms with E-state index < -0.39 is 58.0 Å². The lowest BCUT2D eigenvalue weighted by Crippen LogP contribution is -2.43. The molecule has 0 spiro atoms. The van der Waals surface area contributed by atoms with Crippen molar-refractivity contribution in [2.24, 2.45) is 0 Å². The molecule has 5 N–H and O–H groups in total. The summed E-state index contributed by atoms with van der Waals surface area (Å²) in [6.07, 6.45) is -5.53. The van der Waals surface area contributed by atoms with E-state index >= 15 is 0 Å². The number of hydrogen-bond donors (Lipinski definition) is 5. The number of aromatic nitrogens is 3. The Morgan fingerprint density at radius 3 is 2.53 bits per heavy atom. The van der Waals surface area contributed by atoms with Crippen LogP contribution in [0.1, 0.15) is 17.5 Å². The Kier molecular flexibility index (Phi) is 7.20. The van der Waals surface area contributed by atoms with Crippen LogP contribution in [0.3, 0.4) is 0 Å². The summed E-state index contributed by atoms with van der Waals surface area (Å²) < 4.78 is 42.7. The number of fused-ring (bicyclic) bond motifs is 1. The minimum absolute atomic E-state index is 0.278. The molecule has 5 atom stereocenters. The van der Waals surface area contributed by atoms with Gasteiger partial charge in [-0.1, -0.05) is 16.8 Å². The lowest BCUT2D eigenvalue weighted by molar-refractivity contribution is -0.0547. The molecule has 3 heterocycles. The van der Waals surface area contributed by atoms with Crippen LogP contribution in [0.4, 0.5) is 0 Å². The van der Waals surface area contributed by atoms with Gasteiger partial charge in [0.2, 0.25) is 0 Å². The number of rotatable bonds is 8. The summed E-state index contributed by atoms with van der Waals surface area (Å²) in [6.45, 7) is 0.623. The van der Waals surface area contributed by atoms with Gasteiger partial charge in [-0.2, -0.15) is 4.31 Å². The molecule has 18 heteroatoms.